The van der Waals surface area contributed by atoms with Gasteiger partial charge in [0.25, 0.3) is 0 Å². The largest absolute Gasteiger partial charge is 0.372 e. The lowest BCUT2D eigenvalue weighted by atomic mass is 9.76. The highest BCUT2D eigenvalue weighted by Crippen LogP contribution is 2.37. The standard InChI is InChI=1S/C22H31BN2/c1-15-13-19(23)16(2)12-17(15)8-9-20(24)18-14-25(21(3,4)5)11-10-22(18,6)7/h8-9,12-14,24H,10-11H2,1-7H3/b9-8+,24-20?. The molecular formula is C22H31BN2. The Morgan fingerprint density at radius 3 is 2.44 bits per heavy atom. The highest BCUT2D eigenvalue weighted by molar-refractivity contribution is 6.33. The molecule has 0 bridgehead atoms. The summed E-state index contributed by atoms with van der Waals surface area (Å²) in [4.78, 5) is 2.36. The lowest BCUT2D eigenvalue weighted by Gasteiger charge is -2.43. The van der Waals surface area contributed by atoms with Gasteiger partial charge in [-0.05, 0) is 69.2 Å². The molecule has 1 aromatic carbocycles. The first-order valence-corrected chi connectivity index (χ1v) is 9.04. The Labute approximate surface area is 154 Å². The zero-order valence-electron chi connectivity index (χ0n) is 16.8. The number of allylic oxidation sites excluding steroid dienone is 2. The molecule has 1 aliphatic heterocycles. The molecule has 132 valence electrons. The maximum absolute atomic E-state index is 8.64. The van der Waals surface area contributed by atoms with E-state index in [1.807, 2.05) is 25.1 Å². The van der Waals surface area contributed by atoms with Gasteiger partial charge in [-0.2, -0.15) is 0 Å². The average molecular weight is 334 g/mol. The van der Waals surface area contributed by atoms with E-state index in [0.29, 0.717) is 5.71 Å². The van der Waals surface area contributed by atoms with Crippen molar-refractivity contribution >= 4 is 25.1 Å². The second kappa shape index (κ2) is 6.86. The summed E-state index contributed by atoms with van der Waals surface area (Å²) in [6.07, 6.45) is 7.22. The minimum Gasteiger partial charge on any atom is -0.372 e. The van der Waals surface area contributed by atoms with E-state index in [4.69, 9.17) is 13.3 Å². The quantitative estimate of drug-likeness (QED) is 0.637. The van der Waals surface area contributed by atoms with Crippen LogP contribution in [0.5, 0.6) is 0 Å². The summed E-state index contributed by atoms with van der Waals surface area (Å²) in [6, 6.07) is 4.10. The van der Waals surface area contributed by atoms with Gasteiger partial charge in [-0.25, -0.2) is 0 Å². The Balaban J connectivity index is 2.32. The molecule has 1 aromatic rings. The summed E-state index contributed by atoms with van der Waals surface area (Å²) in [6.45, 7) is 16.3. The zero-order valence-corrected chi connectivity index (χ0v) is 16.8. The lowest BCUT2D eigenvalue weighted by Crippen LogP contribution is -2.44. The van der Waals surface area contributed by atoms with Crippen molar-refractivity contribution in [3.05, 3.63) is 46.7 Å². The van der Waals surface area contributed by atoms with Crippen molar-refractivity contribution in [1.29, 1.82) is 5.41 Å². The van der Waals surface area contributed by atoms with Gasteiger partial charge in [0.1, 0.15) is 7.85 Å². The molecule has 2 nitrogen and oxygen atoms in total. The second-order valence-corrected chi connectivity index (χ2v) is 8.85. The summed E-state index contributed by atoms with van der Waals surface area (Å²) in [5.41, 5.74) is 5.96. The van der Waals surface area contributed by atoms with Crippen molar-refractivity contribution in [2.75, 3.05) is 6.54 Å². The van der Waals surface area contributed by atoms with Crippen LogP contribution in [0.4, 0.5) is 0 Å². The molecule has 2 radical (unpaired) electrons. The predicted molar refractivity (Wildman–Crippen MR) is 111 cm³/mol. The summed E-state index contributed by atoms with van der Waals surface area (Å²) < 4.78 is 0. The van der Waals surface area contributed by atoms with Crippen LogP contribution in [-0.2, 0) is 0 Å². The Kier molecular flexibility index (Phi) is 5.37. The third-order valence-electron chi connectivity index (χ3n) is 5.23. The van der Waals surface area contributed by atoms with Gasteiger partial charge in [0.15, 0.2) is 0 Å². The topological polar surface area (TPSA) is 27.1 Å². The SMILES string of the molecule is [B]c1cc(C)c(/C=C/C(=N)C2=CN(C(C)(C)C)CCC2(C)C)cc1C. The van der Waals surface area contributed by atoms with Gasteiger partial charge in [0.05, 0.1) is 5.71 Å². The fourth-order valence-corrected chi connectivity index (χ4v) is 3.20. The molecule has 0 amide bonds. The molecule has 1 heterocycles. The van der Waals surface area contributed by atoms with E-state index in [0.717, 1.165) is 40.7 Å². The molecule has 2 rings (SSSR count). The minimum atomic E-state index is 0.0231. The van der Waals surface area contributed by atoms with E-state index >= 15 is 0 Å². The molecule has 0 atom stereocenters. The predicted octanol–water partition coefficient (Wildman–Crippen LogP) is 4.54. The van der Waals surface area contributed by atoms with E-state index < -0.39 is 0 Å². The second-order valence-electron chi connectivity index (χ2n) is 8.85. The van der Waals surface area contributed by atoms with Crippen LogP contribution in [0.3, 0.4) is 0 Å². The zero-order chi connectivity index (χ0) is 19.0. The van der Waals surface area contributed by atoms with Gasteiger partial charge in [0.2, 0.25) is 0 Å². The van der Waals surface area contributed by atoms with Crippen LogP contribution in [0.25, 0.3) is 6.08 Å². The maximum atomic E-state index is 8.64. The maximum Gasteiger partial charge on any atom is 0.114 e. The Morgan fingerprint density at radius 2 is 1.84 bits per heavy atom. The molecule has 0 saturated heterocycles. The number of aryl methyl sites for hydroxylation is 2. The summed E-state index contributed by atoms with van der Waals surface area (Å²) in [5.74, 6) is 0. The molecular weight excluding hydrogens is 303 g/mol. The van der Waals surface area contributed by atoms with Crippen LogP contribution in [0, 0.1) is 24.7 Å². The van der Waals surface area contributed by atoms with Crippen LogP contribution in [0.15, 0.2) is 30.0 Å². The van der Waals surface area contributed by atoms with Gasteiger partial charge >= 0.3 is 0 Å². The fourth-order valence-electron chi connectivity index (χ4n) is 3.20. The van der Waals surface area contributed by atoms with Crippen LogP contribution in [0.2, 0.25) is 0 Å². The van der Waals surface area contributed by atoms with Crippen LogP contribution < -0.4 is 5.46 Å². The monoisotopic (exact) mass is 334 g/mol. The van der Waals surface area contributed by atoms with Gasteiger partial charge in [0, 0.05) is 18.3 Å². The first-order chi connectivity index (χ1) is 11.4. The highest BCUT2D eigenvalue weighted by atomic mass is 15.2. The first kappa shape index (κ1) is 19.6. The van der Waals surface area contributed by atoms with Crippen LogP contribution in [-0.4, -0.2) is 30.5 Å². The summed E-state index contributed by atoms with van der Waals surface area (Å²) in [7, 11) is 5.97. The van der Waals surface area contributed by atoms with Gasteiger partial charge in [-0.15, -0.1) is 0 Å². The van der Waals surface area contributed by atoms with Crippen molar-refractivity contribution in [3.8, 4) is 0 Å². The summed E-state index contributed by atoms with van der Waals surface area (Å²) >= 11 is 0. The normalized spacial score (nSPS) is 17.7. The molecule has 3 heteroatoms. The van der Waals surface area contributed by atoms with Crippen molar-refractivity contribution in [2.45, 2.75) is 60.4 Å². The molecule has 1 N–H and O–H groups in total. The number of nitrogens with zero attached hydrogens (tertiary/aromatic N) is 1. The minimum absolute atomic E-state index is 0.0231. The average Bonchev–Trinajstić information content (AvgIpc) is 2.47. The lowest BCUT2D eigenvalue weighted by molar-refractivity contribution is 0.163. The van der Waals surface area contributed by atoms with E-state index in [-0.39, 0.29) is 11.0 Å². The molecule has 0 spiro atoms. The highest BCUT2D eigenvalue weighted by Gasteiger charge is 2.33. The van der Waals surface area contributed by atoms with E-state index in [1.165, 1.54) is 0 Å². The number of hydrogen-bond acceptors (Lipinski definition) is 2. The summed E-state index contributed by atoms with van der Waals surface area (Å²) in [5, 5.41) is 8.64. The van der Waals surface area contributed by atoms with Crippen molar-refractivity contribution in [3.63, 3.8) is 0 Å². The Bertz CT molecular complexity index is 733. The molecule has 0 aromatic heterocycles. The number of hydrogen-bond donors (Lipinski definition) is 1. The van der Waals surface area contributed by atoms with Crippen LogP contribution >= 0.6 is 0 Å². The smallest absolute Gasteiger partial charge is 0.114 e. The molecule has 25 heavy (non-hydrogen) atoms. The Hall–Kier alpha value is -1.77. The molecule has 0 unspecified atom stereocenters. The van der Waals surface area contributed by atoms with Gasteiger partial charge in [-0.3, -0.25) is 0 Å². The first-order valence-electron chi connectivity index (χ1n) is 9.04. The van der Waals surface area contributed by atoms with Gasteiger partial charge in [-0.1, -0.05) is 43.1 Å². The van der Waals surface area contributed by atoms with E-state index in [2.05, 4.69) is 58.7 Å². The number of nitrogens with one attached hydrogen (secondary N) is 1. The van der Waals surface area contributed by atoms with Crippen LogP contribution in [0.1, 0.15) is 57.7 Å². The molecule has 1 aliphatic rings. The Morgan fingerprint density at radius 1 is 1.20 bits per heavy atom. The fraction of sp³-hybridized carbons (Fsp3) is 0.500. The van der Waals surface area contributed by atoms with Crippen molar-refractivity contribution in [2.24, 2.45) is 5.41 Å². The molecule has 0 fully saturated rings. The number of benzene rings is 1. The van der Waals surface area contributed by atoms with Gasteiger partial charge < -0.3 is 10.3 Å². The third kappa shape index (κ3) is 4.45. The van der Waals surface area contributed by atoms with Crippen molar-refractivity contribution < 1.29 is 0 Å². The van der Waals surface area contributed by atoms with E-state index in [9.17, 15) is 0 Å². The molecule has 0 aliphatic carbocycles. The van der Waals surface area contributed by atoms with E-state index in [1.54, 1.807) is 0 Å². The molecule has 0 saturated carbocycles. The number of rotatable bonds is 3. The third-order valence-corrected chi connectivity index (χ3v) is 5.23. The van der Waals surface area contributed by atoms with Crippen molar-refractivity contribution in [1.82, 2.24) is 4.90 Å².